The number of amides is 1. The summed E-state index contributed by atoms with van der Waals surface area (Å²) in [5.74, 6) is 1.39. The number of halogens is 1. The van der Waals surface area contributed by atoms with Gasteiger partial charge in [-0.25, -0.2) is 0 Å². The minimum Gasteiger partial charge on any atom is -0.497 e. The Kier molecular flexibility index (Phi) is 8.68. The maximum atomic E-state index is 12.0. The van der Waals surface area contributed by atoms with Crippen LogP contribution in [0.3, 0.4) is 0 Å². The third kappa shape index (κ3) is 6.10. The lowest BCUT2D eigenvalue weighted by molar-refractivity contribution is -0.122. The van der Waals surface area contributed by atoms with E-state index in [1.165, 1.54) is 0 Å². The SMILES string of the molecule is COc1ccc(OCCCNC(=O)C(N)c2ccccc2)cc1.Cl. The van der Waals surface area contributed by atoms with Gasteiger partial charge in [0.1, 0.15) is 17.5 Å². The molecule has 0 fully saturated rings. The first-order valence-electron chi connectivity index (χ1n) is 7.56. The van der Waals surface area contributed by atoms with Crippen LogP contribution in [0.2, 0.25) is 0 Å². The fourth-order valence-corrected chi connectivity index (χ4v) is 2.07. The molecule has 0 spiro atoms. The van der Waals surface area contributed by atoms with Crippen LogP contribution in [0.4, 0.5) is 0 Å². The standard InChI is InChI=1S/C18H22N2O3.ClH/c1-22-15-8-10-16(11-9-15)23-13-5-12-20-18(21)17(19)14-6-3-2-4-7-14;/h2-4,6-11,17H,5,12-13,19H2,1H3,(H,20,21);1H. The fraction of sp³-hybridized carbons (Fsp3) is 0.278. The van der Waals surface area contributed by atoms with Gasteiger partial charge >= 0.3 is 0 Å². The average Bonchev–Trinajstić information content (AvgIpc) is 2.62. The molecular formula is C18H23ClN2O3. The van der Waals surface area contributed by atoms with E-state index >= 15 is 0 Å². The van der Waals surface area contributed by atoms with Crippen LogP contribution in [0.25, 0.3) is 0 Å². The molecule has 1 amide bonds. The lowest BCUT2D eigenvalue weighted by Crippen LogP contribution is -2.35. The third-order valence-corrected chi connectivity index (χ3v) is 3.39. The highest BCUT2D eigenvalue weighted by molar-refractivity contribution is 5.85. The van der Waals surface area contributed by atoms with Crippen LogP contribution < -0.4 is 20.5 Å². The van der Waals surface area contributed by atoms with E-state index in [0.717, 1.165) is 17.1 Å². The number of nitrogens with two attached hydrogens (primary N) is 1. The zero-order chi connectivity index (χ0) is 16.5. The maximum Gasteiger partial charge on any atom is 0.241 e. The quantitative estimate of drug-likeness (QED) is 0.718. The van der Waals surface area contributed by atoms with Crippen molar-refractivity contribution in [2.75, 3.05) is 20.3 Å². The monoisotopic (exact) mass is 350 g/mol. The Morgan fingerprint density at radius 1 is 1.08 bits per heavy atom. The number of nitrogens with one attached hydrogen (secondary N) is 1. The first kappa shape index (κ1) is 19.8. The molecule has 3 N–H and O–H groups in total. The Labute approximate surface area is 148 Å². The molecule has 0 aliphatic carbocycles. The number of hydrogen-bond acceptors (Lipinski definition) is 4. The van der Waals surface area contributed by atoms with Gasteiger partial charge in [0.2, 0.25) is 5.91 Å². The normalized spacial score (nSPS) is 11.1. The molecule has 0 saturated heterocycles. The van der Waals surface area contributed by atoms with Crippen LogP contribution in [0, 0.1) is 0 Å². The number of ether oxygens (including phenoxy) is 2. The molecule has 0 bridgehead atoms. The van der Waals surface area contributed by atoms with Crippen LogP contribution in [-0.4, -0.2) is 26.2 Å². The number of hydrogen-bond donors (Lipinski definition) is 2. The van der Waals surface area contributed by atoms with Crippen molar-refractivity contribution in [3.05, 3.63) is 60.2 Å². The van der Waals surface area contributed by atoms with E-state index in [0.29, 0.717) is 19.6 Å². The van der Waals surface area contributed by atoms with Crippen LogP contribution in [0.15, 0.2) is 54.6 Å². The van der Waals surface area contributed by atoms with Crippen LogP contribution in [-0.2, 0) is 4.79 Å². The lowest BCUT2D eigenvalue weighted by atomic mass is 10.1. The Hall–Kier alpha value is -2.24. The summed E-state index contributed by atoms with van der Waals surface area (Å²) in [6, 6.07) is 16.1. The zero-order valence-electron chi connectivity index (χ0n) is 13.6. The minimum absolute atomic E-state index is 0. The predicted molar refractivity (Wildman–Crippen MR) is 96.7 cm³/mol. The molecule has 24 heavy (non-hydrogen) atoms. The molecule has 2 rings (SSSR count). The highest BCUT2D eigenvalue weighted by Gasteiger charge is 2.14. The number of carbonyl (C=O) groups is 1. The van der Waals surface area contributed by atoms with Crippen LogP contribution in [0.1, 0.15) is 18.0 Å². The summed E-state index contributed by atoms with van der Waals surface area (Å²) in [5.41, 5.74) is 6.72. The van der Waals surface area contributed by atoms with Gasteiger partial charge in [0, 0.05) is 6.54 Å². The minimum atomic E-state index is -0.640. The molecule has 2 aromatic carbocycles. The molecule has 6 heteroatoms. The van der Waals surface area contributed by atoms with Crippen molar-refractivity contribution in [1.29, 1.82) is 0 Å². The van der Waals surface area contributed by atoms with Gasteiger partial charge in [-0.2, -0.15) is 0 Å². The summed E-state index contributed by atoms with van der Waals surface area (Å²) in [6.07, 6.45) is 0.708. The summed E-state index contributed by atoms with van der Waals surface area (Å²) >= 11 is 0. The summed E-state index contributed by atoms with van der Waals surface area (Å²) in [4.78, 5) is 12.0. The van der Waals surface area contributed by atoms with E-state index in [2.05, 4.69) is 5.32 Å². The van der Waals surface area contributed by atoms with Gasteiger partial charge in [0.15, 0.2) is 0 Å². The van der Waals surface area contributed by atoms with E-state index < -0.39 is 6.04 Å². The van der Waals surface area contributed by atoms with Gasteiger partial charge in [-0.15, -0.1) is 12.4 Å². The Morgan fingerprint density at radius 3 is 2.33 bits per heavy atom. The lowest BCUT2D eigenvalue weighted by Gasteiger charge is -2.12. The molecule has 5 nitrogen and oxygen atoms in total. The van der Waals surface area contributed by atoms with Crippen molar-refractivity contribution < 1.29 is 14.3 Å². The van der Waals surface area contributed by atoms with E-state index in [4.69, 9.17) is 15.2 Å². The Morgan fingerprint density at radius 2 is 1.71 bits per heavy atom. The van der Waals surface area contributed by atoms with Gasteiger partial charge in [0.05, 0.1) is 13.7 Å². The van der Waals surface area contributed by atoms with Gasteiger partial charge in [-0.05, 0) is 36.2 Å². The van der Waals surface area contributed by atoms with Crippen molar-refractivity contribution in [3.63, 3.8) is 0 Å². The number of methoxy groups -OCH3 is 1. The first-order chi connectivity index (χ1) is 11.2. The topological polar surface area (TPSA) is 73.6 Å². The van der Waals surface area contributed by atoms with Crippen molar-refractivity contribution in [2.24, 2.45) is 5.73 Å². The van der Waals surface area contributed by atoms with Crippen molar-refractivity contribution in [1.82, 2.24) is 5.32 Å². The molecule has 2 aromatic rings. The Balaban J connectivity index is 0.00000288. The van der Waals surface area contributed by atoms with E-state index in [9.17, 15) is 4.79 Å². The summed E-state index contributed by atoms with van der Waals surface area (Å²) in [6.45, 7) is 1.04. The van der Waals surface area contributed by atoms with E-state index in [1.807, 2.05) is 54.6 Å². The van der Waals surface area contributed by atoms with E-state index in [1.54, 1.807) is 7.11 Å². The highest BCUT2D eigenvalue weighted by atomic mass is 35.5. The van der Waals surface area contributed by atoms with Crippen LogP contribution in [0.5, 0.6) is 11.5 Å². The smallest absolute Gasteiger partial charge is 0.241 e. The summed E-state index contributed by atoms with van der Waals surface area (Å²) < 4.78 is 10.7. The van der Waals surface area contributed by atoms with Gasteiger partial charge in [-0.3, -0.25) is 4.79 Å². The number of carbonyl (C=O) groups excluding carboxylic acids is 1. The average molecular weight is 351 g/mol. The summed E-state index contributed by atoms with van der Waals surface area (Å²) in [7, 11) is 1.62. The predicted octanol–water partition coefficient (Wildman–Crippen LogP) is 2.70. The molecule has 1 unspecified atom stereocenters. The molecule has 1 atom stereocenters. The zero-order valence-corrected chi connectivity index (χ0v) is 14.4. The van der Waals surface area contributed by atoms with Gasteiger partial charge < -0.3 is 20.5 Å². The molecule has 0 heterocycles. The highest BCUT2D eigenvalue weighted by Crippen LogP contribution is 2.17. The number of rotatable bonds is 8. The molecule has 0 aliphatic rings. The molecule has 0 radical (unpaired) electrons. The molecular weight excluding hydrogens is 328 g/mol. The second-order valence-electron chi connectivity index (χ2n) is 5.06. The molecule has 0 aliphatic heterocycles. The number of benzene rings is 2. The first-order valence-corrected chi connectivity index (χ1v) is 7.56. The maximum absolute atomic E-state index is 12.0. The second kappa shape index (κ2) is 10.5. The van der Waals surface area contributed by atoms with Crippen LogP contribution >= 0.6 is 12.4 Å². The van der Waals surface area contributed by atoms with Gasteiger partial charge in [-0.1, -0.05) is 30.3 Å². The second-order valence-corrected chi connectivity index (χ2v) is 5.06. The van der Waals surface area contributed by atoms with Crippen molar-refractivity contribution >= 4 is 18.3 Å². The van der Waals surface area contributed by atoms with Crippen molar-refractivity contribution in [3.8, 4) is 11.5 Å². The molecule has 130 valence electrons. The fourth-order valence-electron chi connectivity index (χ4n) is 2.07. The molecule has 0 aromatic heterocycles. The van der Waals surface area contributed by atoms with Gasteiger partial charge in [0.25, 0.3) is 0 Å². The largest absolute Gasteiger partial charge is 0.497 e. The summed E-state index contributed by atoms with van der Waals surface area (Å²) in [5, 5.41) is 2.82. The van der Waals surface area contributed by atoms with Crippen molar-refractivity contribution in [2.45, 2.75) is 12.5 Å². The van der Waals surface area contributed by atoms with E-state index in [-0.39, 0.29) is 18.3 Å². The third-order valence-electron chi connectivity index (χ3n) is 3.39. The molecule has 0 saturated carbocycles. The Bertz CT molecular complexity index is 605.